The van der Waals surface area contributed by atoms with Gasteiger partial charge in [0, 0.05) is 11.6 Å². The number of sulfonamides is 1. The second-order valence-electron chi connectivity index (χ2n) is 4.92. The standard InChI is InChI=1S/C15H16ClNO3S/c1-15(18,12-7-9-13(16)10-8-12)11-17-21(19,20)14-5-3-2-4-6-14/h2-10,17-18H,11H2,1H3. The summed E-state index contributed by atoms with van der Waals surface area (Å²) in [6.07, 6.45) is 0. The average Bonchev–Trinajstić information content (AvgIpc) is 2.47. The Labute approximate surface area is 129 Å². The van der Waals surface area contributed by atoms with E-state index in [0.717, 1.165) is 0 Å². The number of aliphatic hydroxyl groups is 1. The maximum Gasteiger partial charge on any atom is 0.240 e. The molecule has 2 aromatic carbocycles. The molecule has 0 heterocycles. The van der Waals surface area contributed by atoms with Crippen LogP contribution >= 0.6 is 11.6 Å². The lowest BCUT2D eigenvalue weighted by molar-refractivity contribution is 0.0627. The van der Waals surface area contributed by atoms with Crippen molar-refractivity contribution in [2.75, 3.05) is 6.54 Å². The van der Waals surface area contributed by atoms with Crippen molar-refractivity contribution < 1.29 is 13.5 Å². The number of benzene rings is 2. The molecule has 112 valence electrons. The summed E-state index contributed by atoms with van der Waals surface area (Å²) in [5.74, 6) is 0. The Morgan fingerprint density at radius 3 is 2.24 bits per heavy atom. The highest BCUT2D eigenvalue weighted by Crippen LogP contribution is 2.22. The molecule has 0 aliphatic rings. The summed E-state index contributed by atoms with van der Waals surface area (Å²) in [4.78, 5) is 0.164. The molecule has 2 aromatic rings. The van der Waals surface area contributed by atoms with Gasteiger partial charge in [0.25, 0.3) is 0 Å². The molecule has 0 radical (unpaired) electrons. The Hall–Kier alpha value is -1.40. The molecule has 0 fully saturated rings. The first-order chi connectivity index (χ1) is 9.81. The first-order valence-corrected chi connectivity index (χ1v) is 8.20. The van der Waals surface area contributed by atoms with Crippen molar-refractivity contribution in [2.45, 2.75) is 17.4 Å². The van der Waals surface area contributed by atoms with Crippen LogP contribution in [0.3, 0.4) is 0 Å². The predicted octanol–water partition coefficient (Wildman–Crippen LogP) is 2.53. The van der Waals surface area contributed by atoms with E-state index in [2.05, 4.69) is 4.72 Å². The molecule has 0 aromatic heterocycles. The van der Waals surface area contributed by atoms with E-state index in [1.165, 1.54) is 12.1 Å². The Balaban J connectivity index is 2.13. The van der Waals surface area contributed by atoms with Crippen LogP contribution in [0.2, 0.25) is 5.02 Å². The third-order valence-corrected chi connectivity index (χ3v) is 4.80. The quantitative estimate of drug-likeness (QED) is 0.887. The van der Waals surface area contributed by atoms with Crippen molar-refractivity contribution in [3.63, 3.8) is 0 Å². The fourth-order valence-electron chi connectivity index (χ4n) is 1.83. The molecule has 21 heavy (non-hydrogen) atoms. The summed E-state index contributed by atoms with van der Waals surface area (Å²) in [6, 6.07) is 14.7. The molecule has 0 amide bonds. The Bertz CT molecular complexity index is 697. The fourth-order valence-corrected chi connectivity index (χ4v) is 3.11. The van der Waals surface area contributed by atoms with Gasteiger partial charge in [-0.15, -0.1) is 0 Å². The lowest BCUT2D eigenvalue weighted by Gasteiger charge is -2.24. The van der Waals surface area contributed by atoms with Gasteiger partial charge in [0.15, 0.2) is 0 Å². The van der Waals surface area contributed by atoms with Crippen molar-refractivity contribution in [1.29, 1.82) is 0 Å². The van der Waals surface area contributed by atoms with Gasteiger partial charge in [-0.05, 0) is 36.8 Å². The van der Waals surface area contributed by atoms with Gasteiger partial charge in [-0.25, -0.2) is 13.1 Å². The average molecular weight is 326 g/mol. The normalized spacial score (nSPS) is 14.6. The minimum atomic E-state index is -3.65. The Morgan fingerprint density at radius 1 is 1.10 bits per heavy atom. The van der Waals surface area contributed by atoms with E-state index >= 15 is 0 Å². The van der Waals surface area contributed by atoms with E-state index in [-0.39, 0.29) is 11.4 Å². The molecule has 4 nitrogen and oxygen atoms in total. The molecule has 2 N–H and O–H groups in total. The van der Waals surface area contributed by atoms with Gasteiger partial charge in [0.1, 0.15) is 5.60 Å². The monoisotopic (exact) mass is 325 g/mol. The van der Waals surface area contributed by atoms with Crippen molar-refractivity contribution >= 4 is 21.6 Å². The minimum Gasteiger partial charge on any atom is -0.384 e. The van der Waals surface area contributed by atoms with Crippen LogP contribution in [0.25, 0.3) is 0 Å². The Kier molecular flexibility index (Phi) is 4.68. The fraction of sp³-hybridized carbons (Fsp3) is 0.200. The zero-order valence-electron chi connectivity index (χ0n) is 11.5. The summed E-state index contributed by atoms with van der Waals surface area (Å²) in [5, 5.41) is 11.0. The lowest BCUT2D eigenvalue weighted by Crippen LogP contribution is -2.38. The zero-order chi connectivity index (χ0) is 15.5. The molecular formula is C15H16ClNO3S. The van der Waals surface area contributed by atoms with E-state index in [4.69, 9.17) is 11.6 Å². The first kappa shape index (κ1) is 16.0. The smallest absolute Gasteiger partial charge is 0.240 e. The molecule has 0 saturated heterocycles. The predicted molar refractivity (Wildman–Crippen MR) is 82.7 cm³/mol. The van der Waals surface area contributed by atoms with Gasteiger partial charge in [0.2, 0.25) is 10.0 Å². The SMILES string of the molecule is CC(O)(CNS(=O)(=O)c1ccccc1)c1ccc(Cl)cc1. The molecular weight excluding hydrogens is 310 g/mol. The summed E-state index contributed by atoms with van der Waals surface area (Å²) >= 11 is 5.80. The largest absolute Gasteiger partial charge is 0.384 e. The van der Waals surface area contributed by atoms with Gasteiger partial charge in [-0.1, -0.05) is 41.9 Å². The summed E-state index contributed by atoms with van der Waals surface area (Å²) in [5.41, 5.74) is -0.741. The van der Waals surface area contributed by atoms with Crippen LogP contribution in [-0.2, 0) is 15.6 Å². The molecule has 1 atom stereocenters. The van der Waals surface area contributed by atoms with Crippen LogP contribution in [0, 0.1) is 0 Å². The first-order valence-electron chi connectivity index (χ1n) is 6.34. The molecule has 0 spiro atoms. The number of halogens is 1. The molecule has 2 rings (SSSR count). The molecule has 0 aliphatic carbocycles. The zero-order valence-corrected chi connectivity index (χ0v) is 13.0. The maximum atomic E-state index is 12.1. The Morgan fingerprint density at radius 2 is 1.67 bits per heavy atom. The van der Waals surface area contributed by atoms with Crippen molar-refractivity contribution in [1.82, 2.24) is 4.72 Å². The van der Waals surface area contributed by atoms with E-state index in [0.29, 0.717) is 10.6 Å². The molecule has 1 unspecified atom stereocenters. The molecule has 0 bridgehead atoms. The highest BCUT2D eigenvalue weighted by molar-refractivity contribution is 7.89. The maximum absolute atomic E-state index is 12.1. The van der Waals surface area contributed by atoms with Crippen LogP contribution in [0.15, 0.2) is 59.5 Å². The second kappa shape index (κ2) is 6.15. The van der Waals surface area contributed by atoms with Crippen LogP contribution in [0.1, 0.15) is 12.5 Å². The minimum absolute atomic E-state index is 0.133. The van der Waals surface area contributed by atoms with Gasteiger partial charge in [-0.2, -0.15) is 0 Å². The van der Waals surface area contributed by atoms with Crippen molar-refractivity contribution in [3.05, 3.63) is 65.2 Å². The third-order valence-electron chi connectivity index (χ3n) is 3.13. The van der Waals surface area contributed by atoms with E-state index in [9.17, 15) is 13.5 Å². The number of nitrogens with one attached hydrogen (secondary N) is 1. The van der Waals surface area contributed by atoms with Crippen LogP contribution in [0.5, 0.6) is 0 Å². The number of hydrogen-bond acceptors (Lipinski definition) is 3. The summed E-state index contributed by atoms with van der Waals surface area (Å²) < 4.78 is 26.7. The summed E-state index contributed by atoms with van der Waals surface area (Å²) in [7, 11) is -3.65. The number of hydrogen-bond donors (Lipinski definition) is 2. The molecule has 0 saturated carbocycles. The highest BCUT2D eigenvalue weighted by Gasteiger charge is 2.26. The molecule has 0 aliphatic heterocycles. The second-order valence-corrected chi connectivity index (χ2v) is 7.12. The summed E-state index contributed by atoms with van der Waals surface area (Å²) in [6.45, 7) is 1.41. The number of rotatable bonds is 5. The van der Waals surface area contributed by atoms with Crippen molar-refractivity contribution in [2.24, 2.45) is 0 Å². The molecule has 6 heteroatoms. The van der Waals surface area contributed by atoms with Crippen molar-refractivity contribution in [3.8, 4) is 0 Å². The third kappa shape index (κ3) is 4.04. The van der Waals surface area contributed by atoms with Gasteiger partial charge in [-0.3, -0.25) is 0 Å². The van der Waals surface area contributed by atoms with E-state index < -0.39 is 15.6 Å². The topological polar surface area (TPSA) is 66.4 Å². The van der Waals surface area contributed by atoms with Crippen LogP contribution in [0.4, 0.5) is 0 Å². The van der Waals surface area contributed by atoms with E-state index in [1.807, 2.05) is 0 Å². The van der Waals surface area contributed by atoms with E-state index in [1.54, 1.807) is 49.4 Å². The lowest BCUT2D eigenvalue weighted by atomic mass is 9.97. The van der Waals surface area contributed by atoms with Crippen LogP contribution in [-0.4, -0.2) is 20.1 Å². The highest BCUT2D eigenvalue weighted by atomic mass is 35.5. The van der Waals surface area contributed by atoms with Crippen LogP contribution < -0.4 is 4.72 Å². The van der Waals surface area contributed by atoms with Gasteiger partial charge < -0.3 is 5.11 Å². The van der Waals surface area contributed by atoms with Gasteiger partial charge >= 0.3 is 0 Å². The van der Waals surface area contributed by atoms with Gasteiger partial charge in [0.05, 0.1) is 4.90 Å².